The van der Waals surface area contributed by atoms with Crippen LogP contribution in [0.1, 0.15) is 25.7 Å². The molecule has 1 aromatic rings. The molecule has 0 aromatic heterocycles. The molecule has 4 heteroatoms. The zero-order valence-electron chi connectivity index (χ0n) is 11.5. The molecule has 4 nitrogen and oxygen atoms in total. The van der Waals surface area contributed by atoms with Gasteiger partial charge in [0.15, 0.2) is 11.5 Å². The zero-order chi connectivity index (χ0) is 13.5. The predicted molar refractivity (Wildman–Crippen MR) is 76.0 cm³/mol. The quantitative estimate of drug-likeness (QED) is 0.796. The smallest absolute Gasteiger partial charge is 0.163 e. The highest BCUT2D eigenvalue weighted by Crippen LogP contribution is 2.31. The fourth-order valence-electron chi connectivity index (χ4n) is 2.53. The van der Waals surface area contributed by atoms with Crippen LogP contribution in [-0.4, -0.2) is 32.0 Å². The number of ether oxygens (including phenoxy) is 2. The molecule has 1 aliphatic rings. The van der Waals surface area contributed by atoms with Crippen molar-refractivity contribution in [3.63, 3.8) is 0 Å². The summed E-state index contributed by atoms with van der Waals surface area (Å²) < 4.78 is 10.7. The van der Waals surface area contributed by atoms with Crippen molar-refractivity contribution in [2.75, 3.05) is 32.2 Å². The van der Waals surface area contributed by atoms with Crippen molar-refractivity contribution in [1.82, 2.24) is 0 Å². The van der Waals surface area contributed by atoms with Gasteiger partial charge in [-0.15, -0.1) is 0 Å². The molecule has 1 saturated carbocycles. The Bertz CT molecular complexity index is 389. The first-order chi connectivity index (χ1) is 9.33. The first kappa shape index (κ1) is 14.0. The number of nitrogens with one attached hydrogen (secondary N) is 1. The number of aliphatic hydroxyl groups is 1. The Labute approximate surface area is 114 Å². The lowest BCUT2D eigenvalue weighted by Gasteiger charge is -2.15. The van der Waals surface area contributed by atoms with Gasteiger partial charge in [-0.05, 0) is 30.9 Å². The molecular weight excluding hydrogens is 242 g/mol. The Morgan fingerprint density at radius 1 is 1.26 bits per heavy atom. The van der Waals surface area contributed by atoms with Crippen LogP contribution in [-0.2, 0) is 0 Å². The highest BCUT2D eigenvalue weighted by atomic mass is 16.5. The average molecular weight is 265 g/mol. The molecule has 1 fully saturated rings. The fraction of sp³-hybridized carbons (Fsp3) is 0.600. The van der Waals surface area contributed by atoms with E-state index in [2.05, 4.69) is 5.32 Å². The summed E-state index contributed by atoms with van der Waals surface area (Å²) in [6, 6.07) is 5.83. The summed E-state index contributed by atoms with van der Waals surface area (Å²) in [5.41, 5.74) is 1.04. The fourth-order valence-corrected chi connectivity index (χ4v) is 2.53. The van der Waals surface area contributed by atoms with E-state index in [1.54, 1.807) is 7.11 Å². The van der Waals surface area contributed by atoms with E-state index >= 15 is 0 Å². The van der Waals surface area contributed by atoms with Crippen LogP contribution < -0.4 is 14.8 Å². The minimum atomic E-state index is 0.00286. The third-order valence-corrected chi connectivity index (χ3v) is 3.58. The highest BCUT2D eigenvalue weighted by Gasteiger charge is 2.14. The van der Waals surface area contributed by atoms with Gasteiger partial charge in [0.2, 0.25) is 0 Å². The third kappa shape index (κ3) is 4.03. The van der Waals surface area contributed by atoms with Crippen LogP contribution in [0.15, 0.2) is 18.2 Å². The molecule has 106 valence electrons. The van der Waals surface area contributed by atoms with Gasteiger partial charge in [-0.2, -0.15) is 0 Å². The van der Waals surface area contributed by atoms with Crippen LogP contribution in [0.5, 0.6) is 11.5 Å². The van der Waals surface area contributed by atoms with E-state index in [4.69, 9.17) is 14.6 Å². The lowest BCUT2D eigenvalue weighted by Crippen LogP contribution is -2.11. The lowest BCUT2D eigenvalue weighted by molar-refractivity contribution is 0.196. The molecule has 0 radical (unpaired) electrons. The van der Waals surface area contributed by atoms with E-state index in [-0.39, 0.29) is 13.2 Å². The van der Waals surface area contributed by atoms with Crippen molar-refractivity contribution in [3.8, 4) is 11.5 Å². The molecule has 0 saturated heterocycles. The molecule has 1 aromatic carbocycles. The summed E-state index contributed by atoms with van der Waals surface area (Å²) in [5, 5.41) is 12.3. The molecule has 0 bridgehead atoms. The summed E-state index contributed by atoms with van der Waals surface area (Å²) in [6.07, 6.45) is 5.38. The highest BCUT2D eigenvalue weighted by molar-refractivity contribution is 5.54. The Hall–Kier alpha value is -1.42. The van der Waals surface area contributed by atoms with E-state index in [1.807, 2.05) is 18.2 Å². The SMILES string of the molecule is COc1ccc(NCC2CCCC2)cc1OCCO. The molecule has 19 heavy (non-hydrogen) atoms. The van der Waals surface area contributed by atoms with Crippen molar-refractivity contribution >= 4 is 5.69 Å². The minimum Gasteiger partial charge on any atom is -0.493 e. The molecule has 2 rings (SSSR count). The van der Waals surface area contributed by atoms with Crippen LogP contribution in [0.25, 0.3) is 0 Å². The van der Waals surface area contributed by atoms with Crippen LogP contribution in [0.2, 0.25) is 0 Å². The van der Waals surface area contributed by atoms with Gasteiger partial charge in [0.05, 0.1) is 13.7 Å². The zero-order valence-corrected chi connectivity index (χ0v) is 11.5. The molecule has 0 amide bonds. The van der Waals surface area contributed by atoms with E-state index in [0.717, 1.165) is 18.2 Å². The molecule has 0 spiro atoms. The molecule has 1 aliphatic carbocycles. The van der Waals surface area contributed by atoms with Gasteiger partial charge in [-0.1, -0.05) is 12.8 Å². The van der Waals surface area contributed by atoms with E-state index in [0.29, 0.717) is 11.5 Å². The van der Waals surface area contributed by atoms with Gasteiger partial charge in [0, 0.05) is 18.3 Å². The normalized spacial score (nSPS) is 15.5. The summed E-state index contributed by atoms with van der Waals surface area (Å²) >= 11 is 0. The van der Waals surface area contributed by atoms with E-state index < -0.39 is 0 Å². The second-order valence-electron chi connectivity index (χ2n) is 4.97. The van der Waals surface area contributed by atoms with Crippen molar-refractivity contribution in [2.24, 2.45) is 5.92 Å². The minimum absolute atomic E-state index is 0.00286. The molecular formula is C15H23NO3. The number of aliphatic hydroxyl groups excluding tert-OH is 1. The van der Waals surface area contributed by atoms with Gasteiger partial charge in [-0.25, -0.2) is 0 Å². The maximum Gasteiger partial charge on any atom is 0.163 e. The van der Waals surface area contributed by atoms with Crippen molar-refractivity contribution < 1.29 is 14.6 Å². The summed E-state index contributed by atoms with van der Waals surface area (Å²) in [6.45, 7) is 1.30. The first-order valence-corrected chi connectivity index (χ1v) is 6.99. The van der Waals surface area contributed by atoms with Crippen molar-refractivity contribution in [2.45, 2.75) is 25.7 Å². The topological polar surface area (TPSA) is 50.7 Å². The number of methoxy groups -OCH3 is 1. The van der Waals surface area contributed by atoms with Gasteiger partial charge in [-0.3, -0.25) is 0 Å². The van der Waals surface area contributed by atoms with E-state index in [9.17, 15) is 0 Å². The lowest BCUT2D eigenvalue weighted by atomic mass is 10.1. The number of anilines is 1. The van der Waals surface area contributed by atoms with Crippen molar-refractivity contribution in [1.29, 1.82) is 0 Å². The maximum absolute atomic E-state index is 8.83. The van der Waals surface area contributed by atoms with Crippen LogP contribution in [0.4, 0.5) is 5.69 Å². The van der Waals surface area contributed by atoms with Gasteiger partial charge >= 0.3 is 0 Å². The third-order valence-electron chi connectivity index (χ3n) is 3.58. The molecule has 0 heterocycles. The largest absolute Gasteiger partial charge is 0.493 e. The van der Waals surface area contributed by atoms with Crippen LogP contribution >= 0.6 is 0 Å². The molecule has 0 unspecified atom stereocenters. The first-order valence-electron chi connectivity index (χ1n) is 6.99. The Morgan fingerprint density at radius 3 is 2.74 bits per heavy atom. The average Bonchev–Trinajstić information content (AvgIpc) is 2.96. The van der Waals surface area contributed by atoms with Gasteiger partial charge in [0.25, 0.3) is 0 Å². The summed E-state index contributed by atoms with van der Waals surface area (Å²) in [5.74, 6) is 2.16. The second-order valence-corrected chi connectivity index (χ2v) is 4.97. The maximum atomic E-state index is 8.83. The molecule has 0 atom stereocenters. The Kier molecular flexibility index (Phi) is 5.33. The number of rotatable bonds is 7. The molecule has 2 N–H and O–H groups in total. The van der Waals surface area contributed by atoms with Crippen LogP contribution in [0, 0.1) is 5.92 Å². The number of hydrogen-bond acceptors (Lipinski definition) is 4. The van der Waals surface area contributed by atoms with E-state index in [1.165, 1.54) is 25.7 Å². The van der Waals surface area contributed by atoms with Gasteiger partial charge in [0.1, 0.15) is 6.61 Å². The Balaban J connectivity index is 1.95. The molecule has 0 aliphatic heterocycles. The second kappa shape index (κ2) is 7.24. The Morgan fingerprint density at radius 2 is 2.05 bits per heavy atom. The summed E-state index contributed by atoms with van der Waals surface area (Å²) in [4.78, 5) is 0. The van der Waals surface area contributed by atoms with Crippen molar-refractivity contribution in [3.05, 3.63) is 18.2 Å². The number of benzene rings is 1. The summed E-state index contributed by atoms with van der Waals surface area (Å²) in [7, 11) is 1.62. The van der Waals surface area contributed by atoms with Gasteiger partial charge < -0.3 is 19.9 Å². The standard InChI is InChI=1S/C15H23NO3/c1-18-14-7-6-13(10-15(14)19-9-8-17)16-11-12-4-2-3-5-12/h6-7,10,12,16-17H,2-5,8-9,11H2,1H3. The monoisotopic (exact) mass is 265 g/mol. The number of hydrogen-bond donors (Lipinski definition) is 2. The van der Waals surface area contributed by atoms with Crippen LogP contribution in [0.3, 0.4) is 0 Å². The predicted octanol–water partition coefficient (Wildman–Crippen LogP) is 2.67.